The standard InChI is InChI=1S/C12H17ClN2O/c1-9-2-4-15(5-3-9)12-11(13)6-10(8-16)7-14-12/h6-7,9,16H,2-5,8H2,1H3. The molecule has 0 radical (unpaired) electrons. The van der Waals surface area contributed by atoms with E-state index in [1.165, 1.54) is 12.8 Å². The van der Waals surface area contributed by atoms with Crippen molar-refractivity contribution in [1.29, 1.82) is 0 Å². The number of halogens is 1. The first-order chi connectivity index (χ1) is 7.70. The van der Waals surface area contributed by atoms with Gasteiger partial charge in [-0.1, -0.05) is 18.5 Å². The Hall–Kier alpha value is -0.800. The summed E-state index contributed by atoms with van der Waals surface area (Å²) >= 11 is 6.16. The molecule has 1 aromatic heterocycles. The molecule has 3 nitrogen and oxygen atoms in total. The van der Waals surface area contributed by atoms with Crippen LogP contribution in [0.5, 0.6) is 0 Å². The lowest BCUT2D eigenvalue weighted by atomic mass is 9.99. The number of rotatable bonds is 2. The molecule has 0 amide bonds. The Bertz CT molecular complexity index is 362. The van der Waals surface area contributed by atoms with Crippen LogP contribution < -0.4 is 4.90 Å². The molecule has 1 aromatic rings. The molecule has 0 aromatic carbocycles. The third-order valence-electron chi connectivity index (χ3n) is 3.14. The van der Waals surface area contributed by atoms with Gasteiger partial charge in [0.25, 0.3) is 0 Å². The van der Waals surface area contributed by atoms with Crippen molar-refractivity contribution in [3.8, 4) is 0 Å². The van der Waals surface area contributed by atoms with E-state index in [4.69, 9.17) is 16.7 Å². The lowest BCUT2D eigenvalue weighted by molar-refractivity contribution is 0.281. The molecule has 1 aliphatic heterocycles. The van der Waals surface area contributed by atoms with E-state index in [2.05, 4.69) is 16.8 Å². The summed E-state index contributed by atoms with van der Waals surface area (Å²) in [6.07, 6.45) is 4.08. The number of aliphatic hydroxyl groups is 1. The van der Waals surface area contributed by atoms with E-state index in [0.29, 0.717) is 5.02 Å². The monoisotopic (exact) mass is 240 g/mol. The summed E-state index contributed by atoms with van der Waals surface area (Å²) in [6, 6.07) is 1.79. The first kappa shape index (κ1) is 11.7. The minimum Gasteiger partial charge on any atom is -0.392 e. The molecule has 1 fully saturated rings. The highest BCUT2D eigenvalue weighted by Gasteiger charge is 2.18. The second kappa shape index (κ2) is 5.02. The lowest BCUT2D eigenvalue weighted by Crippen LogP contribution is -2.33. The minimum atomic E-state index is -0.00989. The zero-order chi connectivity index (χ0) is 11.5. The Morgan fingerprint density at radius 3 is 2.75 bits per heavy atom. The fourth-order valence-corrected chi connectivity index (χ4v) is 2.32. The van der Waals surface area contributed by atoms with Gasteiger partial charge in [0.2, 0.25) is 0 Å². The maximum absolute atomic E-state index is 8.99. The van der Waals surface area contributed by atoms with Crippen molar-refractivity contribution in [2.75, 3.05) is 18.0 Å². The Morgan fingerprint density at radius 1 is 1.50 bits per heavy atom. The highest BCUT2D eigenvalue weighted by molar-refractivity contribution is 6.33. The number of hydrogen-bond acceptors (Lipinski definition) is 3. The van der Waals surface area contributed by atoms with Gasteiger partial charge < -0.3 is 10.0 Å². The van der Waals surface area contributed by atoms with Crippen LogP contribution in [-0.2, 0) is 6.61 Å². The average Bonchev–Trinajstić information content (AvgIpc) is 2.30. The van der Waals surface area contributed by atoms with Crippen molar-refractivity contribution in [3.05, 3.63) is 22.8 Å². The van der Waals surface area contributed by atoms with Crippen LogP contribution in [0.1, 0.15) is 25.3 Å². The van der Waals surface area contributed by atoms with Gasteiger partial charge in [0, 0.05) is 19.3 Å². The van der Waals surface area contributed by atoms with E-state index < -0.39 is 0 Å². The molecule has 0 saturated carbocycles. The van der Waals surface area contributed by atoms with Gasteiger partial charge in [-0.05, 0) is 30.4 Å². The van der Waals surface area contributed by atoms with Crippen molar-refractivity contribution < 1.29 is 5.11 Å². The van der Waals surface area contributed by atoms with Gasteiger partial charge in [0.1, 0.15) is 5.82 Å². The molecule has 0 bridgehead atoms. The SMILES string of the molecule is CC1CCN(c2ncc(CO)cc2Cl)CC1. The van der Waals surface area contributed by atoms with Crippen LogP contribution in [0.2, 0.25) is 5.02 Å². The first-order valence-corrected chi connectivity index (χ1v) is 6.08. The van der Waals surface area contributed by atoms with Crippen molar-refractivity contribution in [3.63, 3.8) is 0 Å². The Balaban J connectivity index is 2.14. The second-order valence-electron chi connectivity index (χ2n) is 4.48. The molecular formula is C12H17ClN2O. The summed E-state index contributed by atoms with van der Waals surface area (Å²) in [4.78, 5) is 6.56. The zero-order valence-corrected chi connectivity index (χ0v) is 10.2. The van der Waals surface area contributed by atoms with Crippen LogP contribution in [0.3, 0.4) is 0 Å². The maximum Gasteiger partial charge on any atom is 0.147 e. The fraction of sp³-hybridized carbons (Fsp3) is 0.583. The number of hydrogen-bond donors (Lipinski definition) is 1. The molecule has 0 atom stereocenters. The fourth-order valence-electron chi connectivity index (χ4n) is 2.01. The second-order valence-corrected chi connectivity index (χ2v) is 4.88. The number of aliphatic hydroxyl groups excluding tert-OH is 1. The highest BCUT2D eigenvalue weighted by Crippen LogP contribution is 2.28. The molecule has 16 heavy (non-hydrogen) atoms. The van der Waals surface area contributed by atoms with Crippen LogP contribution in [0.4, 0.5) is 5.82 Å². The molecule has 1 saturated heterocycles. The summed E-state index contributed by atoms with van der Waals surface area (Å²) < 4.78 is 0. The third kappa shape index (κ3) is 2.47. The highest BCUT2D eigenvalue weighted by atomic mass is 35.5. The van der Waals surface area contributed by atoms with E-state index >= 15 is 0 Å². The summed E-state index contributed by atoms with van der Waals surface area (Å²) in [6.45, 7) is 4.31. The van der Waals surface area contributed by atoms with Crippen molar-refractivity contribution in [2.45, 2.75) is 26.4 Å². The molecule has 0 spiro atoms. The summed E-state index contributed by atoms with van der Waals surface area (Å²) in [7, 11) is 0. The molecule has 0 aliphatic carbocycles. The quantitative estimate of drug-likeness (QED) is 0.863. The molecule has 1 aliphatic rings. The predicted molar refractivity (Wildman–Crippen MR) is 65.8 cm³/mol. The van der Waals surface area contributed by atoms with Crippen LogP contribution in [0.15, 0.2) is 12.3 Å². The van der Waals surface area contributed by atoms with E-state index in [-0.39, 0.29) is 6.61 Å². The van der Waals surface area contributed by atoms with Gasteiger partial charge in [-0.15, -0.1) is 0 Å². The molecule has 1 N–H and O–H groups in total. The predicted octanol–water partition coefficient (Wildman–Crippen LogP) is 2.46. The Labute approximate surface area is 101 Å². The first-order valence-electron chi connectivity index (χ1n) is 5.71. The normalized spacial score (nSPS) is 17.8. The van der Waals surface area contributed by atoms with Crippen molar-refractivity contribution in [1.82, 2.24) is 4.98 Å². The topological polar surface area (TPSA) is 36.4 Å². The van der Waals surface area contributed by atoms with Gasteiger partial charge in [0.15, 0.2) is 0 Å². The van der Waals surface area contributed by atoms with Crippen LogP contribution >= 0.6 is 11.6 Å². The van der Waals surface area contributed by atoms with E-state index in [0.717, 1.165) is 30.4 Å². The number of nitrogens with zero attached hydrogens (tertiary/aromatic N) is 2. The molecule has 2 rings (SSSR count). The Morgan fingerprint density at radius 2 is 2.19 bits per heavy atom. The van der Waals surface area contributed by atoms with Crippen LogP contribution in [0.25, 0.3) is 0 Å². The van der Waals surface area contributed by atoms with Gasteiger partial charge in [0.05, 0.1) is 11.6 Å². The molecule has 0 unspecified atom stereocenters. The van der Waals surface area contributed by atoms with Crippen molar-refractivity contribution >= 4 is 17.4 Å². The average molecular weight is 241 g/mol. The van der Waals surface area contributed by atoms with E-state index in [9.17, 15) is 0 Å². The van der Waals surface area contributed by atoms with Gasteiger partial charge in [-0.25, -0.2) is 4.98 Å². The molecule has 88 valence electrons. The summed E-state index contributed by atoms with van der Waals surface area (Å²) in [5.74, 6) is 1.65. The molecule has 4 heteroatoms. The number of pyridine rings is 1. The Kier molecular flexibility index (Phi) is 3.66. The lowest BCUT2D eigenvalue weighted by Gasteiger charge is -2.31. The van der Waals surface area contributed by atoms with Crippen molar-refractivity contribution in [2.24, 2.45) is 5.92 Å². The number of anilines is 1. The zero-order valence-electron chi connectivity index (χ0n) is 9.49. The summed E-state index contributed by atoms with van der Waals surface area (Å²) in [5, 5.41) is 9.63. The molecule has 2 heterocycles. The minimum absolute atomic E-state index is 0.00989. The van der Waals surface area contributed by atoms with E-state index in [1.54, 1.807) is 12.3 Å². The largest absolute Gasteiger partial charge is 0.392 e. The summed E-state index contributed by atoms with van der Waals surface area (Å²) in [5.41, 5.74) is 0.763. The number of aromatic nitrogens is 1. The van der Waals surface area contributed by atoms with Crippen LogP contribution in [-0.4, -0.2) is 23.2 Å². The van der Waals surface area contributed by atoms with Crippen LogP contribution in [0, 0.1) is 5.92 Å². The van der Waals surface area contributed by atoms with E-state index in [1.807, 2.05) is 0 Å². The maximum atomic E-state index is 8.99. The molecular weight excluding hydrogens is 224 g/mol. The third-order valence-corrected chi connectivity index (χ3v) is 3.42. The van der Waals surface area contributed by atoms with Gasteiger partial charge in [-0.3, -0.25) is 0 Å². The van der Waals surface area contributed by atoms with Gasteiger partial charge in [-0.2, -0.15) is 0 Å². The smallest absolute Gasteiger partial charge is 0.147 e. The number of piperidine rings is 1. The van der Waals surface area contributed by atoms with Gasteiger partial charge >= 0.3 is 0 Å².